The quantitative estimate of drug-likeness (QED) is 0.403. The van der Waals surface area contributed by atoms with Gasteiger partial charge in [0.25, 0.3) is 0 Å². The Morgan fingerprint density at radius 1 is 1.00 bits per heavy atom. The van der Waals surface area contributed by atoms with E-state index in [0.717, 1.165) is 33.5 Å². The first-order valence-electron chi connectivity index (χ1n) is 9.10. The number of hydrogen-bond acceptors (Lipinski definition) is 2. The van der Waals surface area contributed by atoms with Gasteiger partial charge in [-0.15, -0.1) is 0 Å². The molecule has 0 saturated heterocycles. The zero-order valence-electron chi connectivity index (χ0n) is 17.1. The fourth-order valence-electron chi connectivity index (χ4n) is 3.25. The van der Waals surface area contributed by atoms with Gasteiger partial charge in [-0.2, -0.15) is 0 Å². The number of methoxy groups -OCH3 is 1. The maximum Gasteiger partial charge on any atom is 0.118 e. The van der Waals surface area contributed by atoms with Crippen LogP contribution in [0, 0.1) is 17.3 Å². The van der Waals surface area contributed by atoms with Gasteiger partial charge in [0.05, 0.1) is 12.6 Å². The fourth-order valence-corrected chi connectivity index (χ4v) is 3.73. The molecule has 3 heteroatoms. The standard InChI is InChI=1S/C24H28BrNO/c1-23(2,3)17-24(4,5)26-22(20-9-7-8-10-21(20)25)16-13-18-11-14-19(27-6)15-12-18/h7-12,14-15H,17H2,1-6H3. The van der Waals surface area contributed by atoms with Gasteiger partial charge in [0.1, 0.15) is 11.5 Å². The van der Waals surface area contributed by atoms with Gasteiger partial charge in [0.2, 0.25) is 0 Å². The van der Waals surface area contributed by atoms with Crippen molar-refractivity contribution in [1.29, 1.82) is 0 Å². The van der Waals surface area contributed by atoms with Crippen LogP contribution in [0.1, 0.15) is 52.2 Å². The summed E-state index contributed by atoms with van der Waals surface area (Å²) < 4.78 is 6.21. The van der Waals surface area contributed by atoms with Crippen LogP contribution in [-0.2, 0) is 0 Å². The van der Waals surface area contributed by atoms with Crippen LogP contribution in [0.3, 0.4) is 0 Å². The minimum atomic E-state index is -0.211. The van der Waals surface area contributed by atoms with Crippen LogP contribution in [0.5, 0.6) is 5.75 Å². The van der Waals surface area contributed by atoms with Gasteiger partial charge in [0.15, 0.2) is 0 Å². The Morgan fingerprint density at radius 3 is 2.19 bits per heavy atom. The average Bonchev–Trinajstić information content (AvgIpc) is 2.57. The lowest BCUT2D eigenvalue weighted by Crippen LogP contribution is -2.26. The van der Waals surface area contributed by atoms with Crippen molar-refractivity contribution >= 4 is 21.6 Å². The van der Waals surface area contributed by atoms with Crippen molar-refractivity contribution in [2.24, 2.45) is 10.4 Å². The highest BCUT2D eigenvalue weighted by molar-refractivity contribution is 9.10. The number of hydrogen-bond donors (Lipinski definition) is 0. The van der Waals surface area contributed by atoms with E-state index in [2.05, 4.69) is 68.5 Å². The van der Waals surface area contributed by atoms with Crippen molar-refractivity contribution in [1.82, 2.24) is 0 Å². The lowest BCUT2D eigenvalue weighted by atomic mass is 9.82. The molecule has 0 fully saturated rings. The molecule has 0 heterocycles. The predicted molar refractivity (Wildman–Crippen MR) is 119 cm³/mol. The van der Waals surface area contributed by atoms with Crippen LogP contribution in [-0.4, -0.2) is 18.4 Å². The molecule has 0 aliphatic carbocycles. The van der Waals surface area contributed by atoms with Crippen LogP contribution in [0.4, 0.5) is 0 Å². The summed E-state index contributed by atoms with van der Waals surface area (Å²) in [6.07, 6.45) is 0.970. The molecule has 0 atom stereocenters. The Kier molecular flexibility index (Phi) is 6.89. The van der Waals surface area contributed by atoms with Crippen LogP contribution < -0.4 is 4.74 Å². The molecule has 0 aliphatic heterocycles. The van der Waals surface area contributed by atoms with Crippen molar-refractivity contribution in [2.45, 2.75) is 46.6 Å². The van der Waals surface area contributed by atoms with Gasteiger partial charge in [-0.1, -0.05) is 60.8 Å². The van der Waals surface area contributed by atoms with E-state index in [-0.39, 0.29) is 11.0 Å². The smallest absolute Gasteiger partial charge is 0.118 e. The molecule has 0 aliphatic rings. The van der Waals surface area contributed by atoms with Crippen LogP contribution in [0.15, 0.2) is 58.0 Å². The van der Waals surface area contributed by atoms with Gasteiger partial charge in [-0.05, 0) is 61.9 Å². The SMILES string of the molecule is COc1ccc(C#CC(=NC(C)(C)CC(C)(C)C)c2ccccc2Br)cc1. The number of ether oxygens (including phenoxy) is 1. The first-order chi connectivity index (χ1) is 12.6. The molecular formula is C24H28BrNO. The Hall–Kier alpha value is -2.05. The van der Waals surface area contributed by atoms with E-state index in [9.17, 15) is 0 Å². The molecule has 2 nitrogen and oxygen atoms in total. The van der Waals surface area contributed by atoms with Crippen molar-refractivity contribution in [3.8, 4) is 17.6 Å². The van der Waals surface area contributed by atoms with Gasteiger partial charge in [-0.25, -0.2) is 0 Å². The normalized spacial score (nSPS) is 12.3. The monoisotopic (exact) mass is 425 g/mol. The molecular weight excluding hydrogens is 398 g/mol. The molecule has 0 radical (unpaired) electrons. The molecule has 2 aromatic rings. The Balaban J connectivity index is 2.46. The zero-order chi connectivity index (χ0) is 20.1. The highest BCUT2D eigenvalue weighted by Crippen LogP contribution is 2.30. The van der Waals surface area contributed by atoms with E-state index in [0.29, 0.717) is 0 Å². The number of aliphatic imine (C=N–C) groups is 1. The van der Waals surface area contributed by atoms with Gasteiger partial charge in [0, 0.05) is 15.6 Å². The molecule has 142 valence electrons. The summed E-state index contributed by atoms with van der Waals surface area (Å²) in [6, 6.07) is 15.9. The summed E-state index contributed by atoms with van der Waals surface area (Å²) in [5, 5.41) is 0. The first-order valence-corrected chi connectivity index (χ1v) is 9.90. The van der Waals surface area contributed by atoms with Crippen molar-refractivity contribution in [3.05, 3.63) is 64.1 Å². The van der Waals surface area contributed by atoms with Crippen molar-refractivity contribution in [3.63, 3.8) is 0 Å². The number of halogens is 1. The molecule has 27 heavy (non-hydrogen) atoms. The summed E-state index contributed by atoms with van der Waals surface area (Å²) in [4.78, 5) is 5.06. The molecule has 0 amide bonds. The third-order valence-electron chi connectivity index (χ3n) is 3.92. The van der Waals surface area contributed by atoms with E-state index in [1.165, 1.54) is 0 Å². The van der Waals surface area contributed by atoms with E-state index in [1.807, 2.05) is 42.5 Å². The maximum absolute atomic E-state index is 5.21. The molecule has 0 spiro atoms. The summed E-state index contributed by atoms with van der Waals surface area (Å²) in [5.74, 6) is 7.38. The fraction of sp³-hybridized carbons (Fsp3) is 0.375. The molecule has 0 N–H and O–H groups in total. The second kappa shape index (κ2) is 8.76. The minimum absolute atomic E-state index is 0.190. The van der Waals surface area contributed by atoms with E-state index in [1.54, 1.807) is 7.11 Å². The van der Waals surface area contributed by atoms with E-state index in [4.69, 9.17) is 9.73 Å². The van der Waals surface area contributed by atoms with Crippen LogP contribution >= 0.6 is 15.9 Å². The lowest BCUT2D eigenvalue weighted by Gasteiger charge is -2.29. The van der Waals surface area contributed by atoms with E-state index >= 15 is 0 Å². The molecule has 0 unspecified atom stereocenters. The summed E-state index contributed by atoms with van der Waals surface area (Å²) in [5.41, 5.74) is 2.73. The molecule has 2 aromatic carbocycles. The second-order valence-corrected chi connectivity index (χ2v) is 9.32. The Labute approximate surface area is 172 Å². The highest BCUT2D eigenvalue weighted by Gasteiger charge is 2.25. The maximum atomic E-state index is 5.21. The third kappa shape index (κ3) is 6.88. The molecule has 2 rings (SSSR count). The minimum Gasteiger partial charge on any atom is -0.497 e. The molecule has 0 bridgehead atoms. The van der Waals surface area contributed by atoms with Gasteiger partial charge in [-0.3, -0.25) is 4.99 Å². The second-order valence-electron chi connectivity index (χ2n) is 8.47. The first kappa shape index (κ1) is 21.3. The largest absolute Gasteiger partial charge is 0.497 e. The zero-order valence-corrected chi connectivity index (χ0v) is 18.6. The number of rotatable bonds is 4. The highest BCUT2D eigenvalue weighted by atomic mass is 79.9. The Bertz CT molecular complexity index is 862. The summed E-state index contributed by atoms with van der Waals surface area (Å²) >= 11 is 3.65. The molecule has 0 aromatic heterocycles. The number of nitrogens with zero attached hydrogens (tertiary/aromatic N) is 1. The van der Waals surface area contributed by atoms with Crippen molar-refractivity contribution in [2.75, 3.05) is 7.11 Å². The van der Waals surface area contributed by atoms with Crippen molar-refractivity contribution < 1.29 is 4.74 Å². The van der Waals surface area contributed by atoms with Gasteiger partial charge < -0.3 is 4.74 Å². The predicted octanol–water partition coefficient (Wildman–Crippen LogP) is 6.51. The summed E-state index contributed by atoms with van der Waals surface area (Å²) in [6.45, 7) is 11.1. The van der Waals surface area contributed by atoms with Crippen LogP contribution in [0.25, 0.3) is 0 Å². The van der Waals surface area contributed by atoms with Gasteiger partial charge >= 0.3 is 0 Å². The van der Waals surface area contributed by atoms with Crippen LogP contribution in [0.2, 0.25) is 0 Å². The Morgan fingerprint density at radius 2 is 1.63 bits per heavy atom. The average molecular weight is 426 g/mol. The van der Waals surface area contributed by atoms with E-state index < -0.39 is 0 Å². The number of benzene rings is 2. The summed E-state index contributed by atoms with van der Waals surface area (Å²) in [7, 11) is 1.66. The molecule has 0 saturated carbocycles. The lowest BCUT2D eigenvalue weighted by molar-refractivity contribution is 0.288. The third-order valence-corrected chi connectivity index (χ3v) is 4.61. The topological polar surface area (TPSA) is 21.6 Å².